The molecule has 0 spiro atoms. The Morgan fingerprint density at radius 1 is 1.09 bits per heavy atom. The average molecular weight is 293 g/mol. The number of aliphatic hydroxyl groups is 1. The lowest BCUT2D eigenvalue weighted by Crippen LogP contribution is -2.07. The van der Waals surface area contributed by atoms with Crippen LogP contribution >= 0.6 is 0 Å². The molecular weight excluding hydrogens is 278 g/mol. The van der Waals surface area contributed by atoms with Crippen LogP contribution < -0.4 is 0 Å². The Hall–Kier alpha value is -2.82. The number of aromatic nitrogens is 2. The number of aryl methyl sites for hydroxylation is 2. The van der Waals surface area contributed by atoms with Crippen molar-refractivity contribution in [2.75, 3.05) is 0 Å². The highest BCUT2D eigenvalue weighted by molar-refractivity contribution is 6.35. The first kappa shape index (κ1) is 14.1. The Kier molecular flexibility index (Phi) is 3.33. The molecule has 2 aromatic rings. The van der Waals surface area contributed by atoms with Gasteiger partial charge in [0, 0.05) is 22.5 Å². The molecule has 1 aromatic heterocycles. The topological polar surface area (TPSA) is 75.4 Å². The maximum atomic E-state index is 12.4. The van der Waals surface area contributed by atoms with Gasteiger partial charge in [0.25, 0.3) is 0 Å². The van der Waals surface area contributed by atoms with E-state index in [2.05, 4.69) is 15.0 Å². The Morgan fingerprint density at radius 3 is 2.27 bits per heavy atom. The summed E-state index contributed by atoms with van der Waals surface area (Å²) in [5, 5.41) is 10.3. The van der Waals surface area contributed by atoms with Gasteiger partial charge in [0.05, 0.1) is 11.3 Å². The highest BCUT2D eigenvalue weighted by Crippen LogP contribution is 2.31. The Labute approximate surface area is 128 Å². The normalized spacial score (nSPS) is 14.5. The second-order valence-electron chi connectivity index (χ2n) is 5.25. The minimum absolute atomic E-state index is 0.0359. The summed E-state index contributed by atoms with van der Waals surface area (Å²) in [6.07, 6.45) is 0. The number of Topliss-reactive ketones (excluding diaryl/α,β-unsaturated/α-hetero) is 1. The molecule has 1 aliphatic carbocycles. The molecule has 5 heteroatoms. The van der Waals surface area contributed by atoms with E-state index in [0.717, 1.165) is 11.4 Å². The molecule has 5 nitrogen and oxygen atoms in total. The number of rotatable bonds is 2. The number of ketones is 1. The smallest absolute Gasteiger partial charge is 0.250 e. The first-order chi connectivity index (χ1) is 10.5. The number of carbonyl (C=O) groups is 1. The van der Waals surface area contributed by atoms with Gasteiger partial charge in [-0.3, -0.25) is 4.79 Å². The molecule has 0 radical (unpaired) electrons. The predicted molar refractivity (Wildman–Crippen MR) is 84.6 cm³/mol. The first-order valence-electron chi connectivity index (χ1n) is 6.92. The zero-order chi connectivity index (χ0) is 15.9. The molecule has 22 heavy (non-hydrogen) atoms. The molecule has 0 amide bonds. The number of aliphatic imine (C=N–C) groups is 1. The number of hydrogen-bond acceptors (Lipinski definition) is 5. The van der Waals surface area contributed by atoms with E-state index in [1.165, 1.54) is 0 Å². The fourth-order valence-corrected chi connectivity index (χ4v) is 2.56. The number of benzene rings is 1. The van der Waals surface area contributed by atoms with Crippen molar-refractivity contribution in [2.24, 2.45) is 4.99 Å². The van der Waals surface area contributed by atoms with E-state index in [1.54, 1.807) is 31.2 Å². The van der Waals surface area contributed by atoms with Crippen molar-refractivity contribution >= 4 is 23.2 Å². The summed E-state index contributed by atoms with van der Waals surface area (Å²) in [6.45, 7) is 5.39. The van der Waals surface area contributed by atoms with Gasteiger partial charge < -0.3 is 5.11 Å². The van der Waals surface area contributed by atoms with Gasteiger partial charge in [-0.1, -0.05) is 24.3 Å². The molecule has 1 aliphatic rings. The Bertz CT molecular complexity index is 830. The van der Waals surface area contributed by atoms with Crippen LogP contribution in [0.3, 0.4) is 0 Å². The van der Waals surface area contributed by atoms with Crippen LogP contribution in [-0.2, 0) is 0 Å². The van der Waals surface area contributed by atoms with Crippen LogP contribution in [0.5, 0.6) is 0 Å². The van der Waals surface area contributed by atoms with E-state index in [4.69, 9.17) is 0 Å². The maximum Gasteiger partial charge on any atom is 0.250 e. The van der Waals surface area contributed by atoms with Gasteiger partial charge in [0.1, 0.15) is 5.76 Å². The van der Waals surface area contributed by atoms with E-state index in [-0.39, 0.29) is 17.1 Å². The van der Waals surface area contributed by atoms with Crippen molar-refractivity contribution in [3.05, 3.63) is 58.4 Å². The van der Waals surface area contributed by atoms with Crippen molar-refractivity contribution in [1.29, 1.82) is 0 Å². The number of carbonyl (C=O) groups excluding carboxylic acids is 1. The average Bonchev–Trinajstić information content (AvgIpc) is 2.70. The number of aliphatic hydroxyl groups excluding tert-OH is 1. The van der Waals surface area contributed by atoms with Gasteiger partial charge in [-0.2, -0.15) is 0 Å². The summed E-state index contributed by atoms with van der Waals surface area (Å²) in [6, 6.07) is 8.82. The number of fused-ring (bicyclic) bond motifs is 1. The summed E-state index contributed by atoms with van der Waals surface area (Å²) < 4.78 is 0. The molecule has 1 heterocycles. The quantitative estimate of drug-likeness (QED) is 0.861. The monoisotopic (exact) mass is 293 g/mol. The summed E-state index contributed by atoms with van der Waals surface area (Å²) in [5.74, 6) is 0.0315. The summed E-state index contributed by atoms with van der Waals surface area (Å²) in [4.78, 5) is 25.2. The number of hydrogen-bond donors (Lipinski definition) is 1. The number of allylic oxidation sites excluding steroid dienone is 1. The van der Waals surface area contributed by atoms with Crippen molar-refractivity contribution in [1.82, 2.24) is 9.97 Å². The zero-order valence-electron chi connectivity index (χ0n) is 12.6. The number of nitrogens with zero attached hydrogens (tertiary/aromatic N) is 3. The van der Waals surface area contributed by atoms with Crippen LogP contribution in [0.25, 0.3) is 5.76 Å². The van der Waals surface area contributed by atoms with Crippen molar-refractivity contribution < 1.29 is 9.90 Å². The molecule has 110 valence electrons. The molecule has 1 N–H and O–H groups in total. The standard InChI is InChI=1S/C17H15N3O2/c1-9-8-10(2)19-17(18-9)20-11(3)14-15(21)12-6-4-5-7-13(12)16(14)22/h4-8,21H,1-3H3. The lowest BCUT2D eigenvalue weighted by molar-refractivity contribution is 0.104. The van der Waals surface area contributed by atoms with Gasteiger partial charge in [0.15, 0.2) is 5.78 Å². The lowest BCUT2D eigenvalue weighted by atomic mass is 10.1. The largest absolute Gasteiger partial charge is 0.506 e. The van der Waals surface area contributed by atoms with Crippen LogP contribution in [0.15, 0.2) is 40.9 Å². The third kappa shape index (κ3) is 2.30. The minimum atomic E-state index is -0.223. The summed E-state index contributed by atoms with van der Waals surface area (Å²) in [7, 11) is 0. The molecule has 0 bridgehead atoms. The van der Waals surface area contributed by atoms with Gasteiger partial charge in [-0.15, -0.1) is 0 Å². The maximum absolute atomic E-state index is 12.4. The Balaban J connectivity index is 2.06. The Morgan fingerprint density at radius 2 is 1.68 bits per heavy atom. The molecule has 1 aromatic carbocycles. The summed E-state index contributed by atoms with van der Waals surface area (Å²) >= 11 is 0. The fraction of sp³-hybridized carbons (Fsp3) is 0.176. The summed E-state index contributed by atoms with van der Waals surface area (Å²) in [5.41, 5.74) is 3.26. The van der Waals surface area contributed by atoms with Gasteiger partial charge >= 0.3 is 0 Å². The molecule has 0 saturated carbocycles. The SMILES string of the molecule is CC(=Nc1nc(C)cc(C)n1)C1=C(O)c2ccccc2C1=O. The van der Waals surface area contributed by atoms with E-state index < -0.39 is 0 Å². The second-order valence-corrected chi connectivity index (χ2v) is 5.25. The van der Waals surface area contributed by atoms with Crippen LogP contribution in [0, 0.1) is 13.8 Å². The van der Waals surface area contributed by atoms with Crippen molar-refractivity contribution in [3.63, 3.8) is 0 Å². The lowest BCUT2D eigenvalue weighted by Gasteiger charge is -2.02. The molecule has 0 atom stereocenters. The van der Waals surface area contributed by atoms with E-state index in [1.807, 2.05) is 19.9 Å². The first-order valence-corrected chi connectivity index (χ1v) is 6.92. The fourth-order valence-electron chi connectivity index (χ4n) is 2.56. The van der Waals surface area contributed by atoms with E-state index >= 15 is 0 Å². The third-order valence-corrected chi connectivity index (χ3v) is 3.49. The van der Waals surface area contributed by atoms with E-state index in [9.17, 15) is 9.90 Å². The highest BCUT2D eigenvalue weighted by atomic mass is 16.3. The zero-order valence-corrected chi connectivity index (χ0v) is 12.6. The van der Waals surface area contributed by atoms with Gasteiger partial charge in [0.2, 0.25) is 5.95 Å². The molecule has 0 saturated heterocycles. The molecule has 3 rings (SSSR count). The highest BCUT2D eigenvalue weighted by Gasteiger charge is 2.31. The molecule has 0 aliphatic heterocycles. The van der Waals surface area contributed by atoms with Crippen LogP contribution in [0.4, 0.5) is 5.95 Å². The van der Waals surface area contributed by atoms with Gasteiger partial charge in [-0.25, -0.2) is 15.0 Å². The van der Waals surface area contributed by atoms with Gasteiger partial charge in [-0.05, 0) is 26.8 Å². The van der Waals surface area contributed by atoms with Crippen LogP contribution in [0.2, 0.25) is 0 Å². The molecule has 0 fully saturated rings. The second kappa shape index (κ2) is 5.18. The third-order valence-electron chi connectivity index (χ3n) is 3.49. The van der Waals surface area contributed by atoms with Crippen molar-refractivity contribution in [2.45, 2.75) is 20.8 Å². The minimum Gasteiger partial charge on any atom is -0.506 e. The molecule has 0 unspecified atom stereocenters. The molecular formula is C17H15N3O2. The van der Waals surface area contributed by atoms with Crippen molar-refractivity contribution in [3.8, 4) is 0 Å². The predicted octanol–water partition coefficient (Wildman–Crippen LogP) is 3.35. The van der Waals surface area contributed by atoms with Crippen LogP contribution in [-0.4, -0.2) is 26.6 Å². The van der Waals surface area contributed by atoms with E-state index in [0.29, 0.717) is 22.8 Å². The van der Waals surface area contributed by atoms with Crippen LogP contribution in [0.1, 0.15) is 34.2 Å².